The number of aromatic nitrogens is 1. The smallest absolute Gasteiger partial charge is 0.146 e. The van der Waals surface area contributed by atoms with E-state index in [0.717, 1.165) is 12.2 Å². The topological polar surface area (TPSA) is 38.9 Å². The van der Waals surface area contributed by atoms with E-state index in [9.17, 15) is 4.39 Å². The molecule has 1 fully saturated rings. The van der Waals surface area contributed by atoms with Crippen molar-refractivity contribution in [1.82, 2.24) is 4.98 Å². The third-order valence-corrected chi connectivity index (χ3v) is 4.01. The first-order valence-corrected chi connectivity index (χ1v) is 5.80. The standard InChI is InChI=1S/C10H13FN2S/c11-8-6-13-4-3-7(8)10(12)9-2-1-5-14-9/h3-4,6,9-10H,1-2,5,12H2. The molecule has 2 rings (SSSR count). The van der Waals surface area contributed by atoms with Crippen LogP contribution in [0.5, 0.6) is 0 Å². The average Bonchev–Trinajstić information content (AvgIpc) is 2.70. The minimum absolute atomic E-state index is 0.189. The fourth-order valence-electron chi connectivity index (χ4n) is 1.74. The lowest BCUT2D eigenvalue weighted by atomic mass is 10.0. The largest absolute Gasteiger partial charge is 0.323 e. The van der Waals surface area contributed by atoms with Gasteiger partial charge in [-0.1, -0.05) is 0 Å². The number of nitrogens with two attached hydrogens (primary N) is 1. The molecule has 0 aromatic carbocycles. The molecule has 2 heterocycles. The minimum Gasteiger partial charge on any atom is -0.323 e. The van der Waals surface area contributed by atoms with Crippen molar-refractivity contribution in [2.75, 3.05) is 5.75 Å². The molecule has 0 radical (unpaired) electrons. The Hall–Kier alpha value is -0.610. The molecule has 1 aromatic rings. The molecule has 4 heteroatoms. The Labute approximate surface area is 87.1 Å². The molecule has 0 spiro atoms. The van der Waals surface area contributed by atoms with Crippen molar-refractivity contribution in [3.05, 3.63) is 29.8 Å². The van der Waals surface area contributed by atoms with Crippen LogP contribution in [0.2, 0.25) is 0 Å². The van der Waals surface area contributed by atoms with Crippen LogP contribution in [-0.4, -0.2) is 16.0 Å². The summed E-state index contributed by atoms with van der Waals surface area (Å²) in [7, 11) is 0. The highest BCUT2D eigenvalue weighted by atomic mass is 32.2. The average molecular weight is 212 g/mol. The van der Waals surface area contributed by atoms with Gasteiger partial charge in [0.1, 0.15) is 5.82 Å². The van der Waals surface area contributed by atoms with Crippen molar-refractivity contribution in [3.63, 3.8) is 0 Å². The third kappa shape index (κ3) is 1.91. The van der Waals surface area contributed by atoms with E-state index >= 15 is 0 Å². The lowest BCUT2D eigenvalue weighted by molar-refractivity contribution is 0.560. The van der Waals surface area contributed by atoms with E-state index in [1.165, 1.54) is 12.6 Å². The monoisotopic (exact) mass is 212 g/mol. The summed E-state index contributed by atoms with van der Waals surface area (Å²) in [4.78, 5) is 3.72. The van der Waals surface area contributed by atoms with Gasteiger partial charge in [-0.25, -0.2) is 4.39 Å². The Balaban J connectivity index is 2.17. The lowest BCUT2D eigenvalue weighted by Gasteiger charge is -2.18. The lowest BCUT2D eigenvalue weighted by Crippen LogP contribution is -2.22. The van der Waals surface area contributed by atoms with Crippen LogP contribution < -0.4 is 5.73 Å². The molecule has 76 valence electrons. The molecule has 2 N–H and O–H groups in total. The number of rotatable bonds is 2. The predicted octanol–water partition coefficient (Wildman–Crippen LogP) is 2.12. The van der Waals surface area contributed by atoms with Crippen LogP contribution in [0, 0.1) is 5.82 Å². The number of thioether (sulfide) groups is 1. The van der Waals surface area contributed by atoms with E-state index in [1.54, 1.807) is 12.3 Å². The summed E-state index contributed by atoms with van der Waals surface area (Å²) >= 11 is 1.84. The summed E-state index contributed by atoms with van der Waals surface area (Å²) in [6.07, 6.45) is 5.11. The van der Waals surface area contributed by atoms with Gasteiger partial charge in [0, 0.05) is 23.1 Å². The zero-order valence-electron chi connectivity index (χ0n) is 7.82. The Morgan fingerprint density at radius 3 is 3.14 bits per heavy atom. The highest BCUT2D eigenvalue weighted by molar-refractivity contribution is 8.00. The van der Waals surface area contributed by atoms with E-state index in [4.69, 9.17) is 5.73 Å². The van der Waals surface area contributed by atoms with E-state index in [1.807, 2.05) is 11.8 Å². The fraction of sp³-hybridized carbons (Fsp3) is 0.500. The molecule has 1 aliphatic heterocycles. The first-order chi connectivity index (χ1) is 6.79. The molecular formula is C10H13FN2S. The Morgan fingerprint density at radius 2 is 2.50 bits per heavy atom. The SMILES string of the molecule is NC(c1ccncc1F)C1CCCS1. The van der Waals surface area contributed by atoms with Gasteiger partial charge in [-0.3, -0.25) is 4.98 Å². The third-order valence-electron chi connectivity index (χ3n) is 2.53. The van der Waals surface area contributed by atoms with Crippen LogP contribution in [0.25, 0.3) is 0 Å². The summed E-state index contributed by atoms with van der Waals surface area (Å²) in [5.74, 6) is 0.859. The normalized spacial score (nSPS) is 23.7. The Kier molecular flexibility index (Phi) is 3.03. The summed E-state index contributed by atoms with van der Waals surface area (Å²) in [5, 5.41) is 0.367. The maximum absolute atomic E-state index is 13.3. The zero-order valence-corrected chi connectivity index (χ0v) is 8.64. The van der Waals surface area contributed by atoms with Crippen molar-refractivity contribution in [1.29, 1.82) is 0 Å². The summed E-state index contributed by atoms with van der Waals surface area (Å²) < 4.78 is 13.3. The van der Waals surface area contributed by atoms with Gasteiger partial charge in [-0.05, 0) is 24.7 Å². The molecule has 14 heavy (non-hydrogen) atoms. The fourth-order valence-corrected chi connectivity index (χ4v) is 3.07. The van der Waals surface area contributed by atoms with Crippen molar-refractivity contribution < 1.29 is 4.39 Å². The summed E-state index contributed by atoms with van der Waals surface area (Å²) in [5.41, 5.74) is 6.61. The Morgan fingerprint density at radius 1 is 1.64 bits per heavy atom. The van der Waals surface area contributed by atoms with Gasteiger partial charge < -0.3 is 5.73 Å². The second-order valence-corrected chi connectivity index (χ2v) is 4.82. The second kappa shape index (κ2) is 4.28. The van der Waals surface area contributed by atoms with E-state index in [0.29, 0.717) is 10.8 Å². The van der Waals surface area contributed by atoms with E-state index in [-0.39, 0.29) is 11.9 Å². The molecule has 2 nitrogen and oxygen atoms in total. The van der Waals surface area contributed by atoms with Crippen LogP contribution in [0.3, 0.4) is 0 Å². The molecule has 2 atom stereocenters. The van der Waals surface area contributed by atoms with Crippen LogP contribution in [0.4, 0.5) is 4.39 Å². The van der Waals surface area contributed by atoms with E-state index < -0.39 is 0 Å². The van der Waals surface area contributed by atoms with E-state index in [2.05, 4.69) is 4.98 Å². The number of nitrogens with zero attached hydrogens (tertiary/aromatic N) is 1. The number of hydrogen-bond donors (Lipinski definition) is 1. The molecule has 1 saturated heterocycles. The molecule has 0 amide bonds. The number of halogens is 1. The molecule has 0 aliphatic carbocycles. The van der Waals surface area contributed by atoms with Gasteiger partial charge in [0.25, 0.3) is 0 Å². The van der Waals surface area contributed by atoms with Crippen molar-refractivity contribution in [2.24, 2.45) is 5.73 Å². The highest BCUT2D eigenvalue weighted by Crippen LogP contribution is 2.34. The maximum Gasteiger partial charge on any atom is 0.146 e. The van der Waals surface area contributed by atoms with Crippen LogP contribution in [0.1, 0.15) is 24.4 Å². The van der Waals surface area contributed by atoms with Gasteiger partial charge >= 0.3 is 0 Å². The molecule has 0 saturated carbocycles. The summed E-state index contributed by atoms with van der Waals surface area (Å²) in [6.45, 7) is 0. The van der Waals surface area contributed by atoms with Gasteiger partial charge in [0.2, 0.25) is 0 Å². The first kappa shape index (κ1) is 9.93. The van der Waals surface area contributed by atoms with Crippen LogP contribution in [-0.2, 0) is 0 Å². The van der Waals surface area contributed by atoms with Crippen LogP contribution >= 0.6 is 11.8 Å². The van der Waals surface area contributed by atoms with Gasteiger partial charge in [-0.2, -0.15) is 11.8 Å². The maximum atomic E-state index is 13.3. The second-order valence-electron chi connectivity index (χ2n) is 3.47. The van der Waals surface area contributed by atoms with Crippen molar-refractivity contribution in [3.8, 4) is 0 Å². The minimum atomic E-state index is -0.285. The first-order valence-electron chi connectivity index (χ1n) is 4.75. The molecule has 1 aliphatic rings. The molecule has 1 aromatic heterocycles. The van der Waals surface area contributed by atoms with Gasteiger partial charge in [0.05, 0.1) is 6.20 Å². The number of pyridine rings is 1. The summed E-state index contributed by atoms with van der Waals surface area (Å²) in [6, 6.07) is 1.49. The number of hydrogen-bond acceptors (Lipinski definition) is 3. The van der Waals surface area contributed by atoms with Crippen molar-refractivity contribution >= 4 is 11.8 Å². The zero-order chi connectivity index (χ0) is 9.97. The molecule has 0 bridgehead atoms. The van der Waals surface area contributed by atoms with Crippen molar-refractivity contribution in [2.45, 2.75) is 24.1 Å². The molecule has 2 unspecified atom stereocenters. The predicted molar refractivity (Wildman–Crippen MR) is 56.6 cm³/mol. The molecular weight excluding hydrogens is 199 g/mol. The van der Waals surface area contributed by atoms with Gasteiger partial charge in [0.15, 0.2) is 0 Å². The quantitative estimate of drug-likeness (QED) is 0.816. The van der Waals surface area contributed by atoms with Crippen LogP contribution in [0.15, 0.2) is 18.5 Å². The highest BCUT2D eigenvalue weighted by Gasteiger charge is 2.25. The van der Waals surface area contributed by atoms with Gasteiger partial charge in [-0.15, -0.1) is 0 Å². The Bertz CT molecular complexity index is 313.